The standard InChI is InChI=1S/C23H25ClN4.ClH/c24-21-14-19(13-20(15-21)16-27-12-9-26-17-27)2-1-18-3-5-23(6-4-18)28-10-7-22(25)8-11-28;/h1-6,9,12-15,17,22H,7-8,10-11,16,25H2;1H. The molecule has 0 radical (unpaired) electrons. The molecule has 0 saturated carbocycles. The summed E-state index contributed by atoms with van der Waals surface area (Å²) in [5.41, 5.74) is 10.7. The van der Waals surface area contributed by atoms with Crippen LogP contribution in [-0.2, 0) is 6.54 Å². The Hall–Kier alpha value is -2.27. The highest BCUT2D eigenvalue weighted by molar-refractivity contribution is 6.30. The maximum atomic E-state index is 6.32. The van der Waals surface area contributed by atoms with Gasteiger partial charge in [-0.05, 0) is 59.9 Å². The number of benzene rings is 2. The second kappa shape index (κ2) is 9.97. The van der Waals surface area contributed by atoms with Crippen molar-refractivity contribution >= 4 is 41.8 Å². The summed E-state index contributed by atoms with van der Waals surface area (Å²) >= 11 is 6.32. The number of hydrogen-bond acceptors (Lipinski definition) is 3. The molecule has 0 amide bonds. The molecule has 0 spiro atoms. The van der Waals surface area contributed by atoms with Crippen molar-refractivity contribution in [3.63, 3.8) is 0 Å². The van der Waals surface area contributed by atoms with Gasteiger partial charge in [-0.3, -0.25) is 0 Å². The molecule has 6 heteroatoms. The van der Waals surface area contributed by atoms with Gasteiger partial charge in [-0.25, -0.2) is 4.98 Å². The quantitative estimate of drug-likeness (QED) is 0.574. The van der Waals surface area contributed by atoms with E-state index in [0.717, 1.165) is 48.6 Å². The summed E-state index contributed by atoms with van der Waals surface area (Å²) in [6, 6.07) is 15.2. The van der Waals surface area contributed by atoms with Gasteiger partial charge in [0.2, 0.25) is 0 Å². The number of halogens is 2. The van der Waals surface area contributed by atoms with E-state index in [1.807, 2.05) is 29.2 Å². The normalized spacial score (nSPS) is 14.9. The van der Waals surface area contributed by atoms with Crippen molar-refractivity contribution in [2.24, 2.45) is 5.73 Å². The molecule has 1 aromatic heterocycles. The fourth-order valence-corrected chi connectivity index (χ4v) is 3.87. The molecule has 0 bridgehead atoms. The first-order chi connectivity index (χ1) is 13.7. The zero-order valence-corrected chi connectivity index (χ0v) is 17.8. The summed E-state index contributed by atoms with van der Waals surface area (Å²) in [6.45, 7) is 2.84. The molecule has 0 unspecified atom stereocenters. The Balaban J connectivity index is 0.00000240. The predicted molar refractivity (Wildman–Crippen MR) is 125 cm³/mol. The number of rotatable bonds is 5. The van der Waals surface area contributed by atoms with Gasteiger partial charge in [0.15, 0.2) is 0 Å². The second-order valence-corrected chi connectivity index (χ2v) is 7.81. The number of piperidine rings is 1. The van der Waals surface area contributed by atoms with Crippen LogP contribution in [0.1, 0.15) is 29.5 Å². The fourth-order valence-electron chi connectivity index (χ4n) is 3.60. The second-order valence-electron chi connectivity index (χ2n) is 7.38. The van der Waals surface area contributed by atoms with Gasteiger partial charge in [0.05, 0.1) is 6.33 Å². The number of nitrogens with zero attached hydrogens (tertiary/aromatic N) is 3. The highest BCUT2D eigenvalue weighted by Crippen LogP contribution is 2.22. The largest absolute Gasteiger partial charge is 0.371 e. The summed E-state index contributed by atoms with van der Waals surface area (Å²) in [4.78, 5) is 6.50. The average molecular weight is 429 g/mol. The molecule has 1 saturated heterocycles. The first-order valence-electron chi connectivity index (χ1n) is 9.69. The molecule has 152 valence electrons. The lowest BCUT2D eigenvalue weighted by atomic mass is 10.0. The van der Waals surface area contributed by atoms with Crippen LogP contribution in [0.2, 0.25) is 5.02 Å². The van der Waals surface area contributed by atoms with Crippen molar-refractivity contribution in [3.8, 4) is 0 Å². The van der Waals surface area contributed by atoms with Gasteiger partial charge < -0.3 is 15.2 Å². The zero-order valence-electron chi connectivity index (χ0n) is 16.2. The van der Waals surface area contributed by atoms with E-state index in [1.54, 1.807) is 6.20 Å². The summed E-state index contributed by atoms with van der Waals surface area (Å²) in [6.07, 6.45) is 11.9. The van der Waals surface area contributed by atoms with Crippen LogP contribution in [0.25, 0.3) is 12.2 Å². The van der Waals surface area contributed by atoms with Crippen molar-refractivity contribution < 1.29 is 0 Å². The van der Waals surface area contributed by atoms with Crippen LogP contribution >= 0.6 is 24.0 Å². The Morgan fingerprint density at radius 1 is 1.03 bits per heavy atom. The van der Waals surface area contributed by atoms with E-state index < -0.39 is 0 Å². The van der Waals surface area contributed by atoms with E-state index in [-0.39, 0.29) is 12.4 Å². The fraction of sp³-hybridized carbons (Fsp3) is 0.261. The average Bonchev–Trinajstić information content (AvgIpc) is 3.20. The van der Waals surface area contributed by atoms with E-state index in [4.69, 9.17) is 17.3 Å². The molecular weight excluding hydrogens is 403 g/mol. The first-order valence-corrected chi connectivity index (χ1v) is 10.1. The first kappa shape index (κ1) is 21.4. The highest BCUT2D eigenvalue weighted by atomic mass is 35.5. The molecule has 29 heavy (non-hydrogen) atoms. The number of hydrogen-bond donors (Lipinski definition) is 1. The summed E-state index contributed by atoms with van der Waals surface area (Å²) < 4.78 is 2.03. The molecule has 4 rings (SSSR count). The molecule has 1 aliphatic rings. The summed E-state index contributed by atoms with van der Waals surface area (Å²) in [7, 11) is 0. The Kier molecular flexibility index (Phi) is 7.37. The zero-order chi connectivity index (χ0) is 19.3. The third kappa shape index (κ3) is 5.86. The Bertz CT molecular complexity index is 928. The van der Waals surface area contributed by atoms with Gasteiger partial charge in [-0.1, -0.05) is 35.9 Å². The molecule has 2 N–H and O–H groups in total. The van der Waals surface area contributed by atoms with E-state index in [1.165, 1.54) is 11.3 Å². The molecule has 0 aliphatic carbocycles. The lowest BCUT2D eigenvalue weighted by Gasteiger charge is -2.32. The lowest BCUT2D eigenvalue weighted by molar-refractivity contribution is 0.501. The number of nitrogens with two attached hydrogens (primary N) is 1. The molecule has 2 heterocycles. The van der Waals surface area contributed by atoms with Crippen LogP contribution in [0.15, 0.2) is 61.2 Å². The monoisotopic (exact) mass is 428 g/mol. The molecule has 2 aromatic carbocycles. The third-order valence-corrected chi connectivity index (χ3v) is 5.39. The predicted octanol–water partition coefficient (Wildman–Crippen LogP) is 5.10. The molecule has 3 aromatic rings. The van der Waals surface area contributed by atoms with Crippen LogP contribution in [0.4, 0.5) is 5.69 Å². The van der Waals surface area contributed by atoms with E-state index in [9.17, 15) is 0 Å². The van der Waals surface area contributed by atoms with Crippen LogP contribution < -0.4 is 10.6 Å². The van der Waals surface area contributed by atoms with E-state index >= 15 is 0 Å². The number of imidazole rings is 1. The van der Waals surface area contributed by atoms with Crippen molar-refractivity contribution in [1.29, 1.82) is 0 Å². The Morgan fingerprint density at radius 3 is 2.45 bits per heavy atom. The maximum Gasteiger partial charge on any atom is 0.0949 e. The van der Waals surface area contributed by atoms with Gasteiger partial charge in [0.1, 0.15) is 0 Å². The van der Waals surface area contributed by atoms with Gasteiger partial charge in [0.25, 0.3) is 0 Å². The summed E-state index contributed by atoms with van der Waals surface area (Å²) in [5, 5.41) is 0.746. The minimum absolute atomic E-state index is 0. The van der Waals surface area contributed by atoms with E-state index in [2.05, 4.69) is 52.4 Å². The van der Waals surface area contributed by atoms with Crippen LogP contribution in [0.3, 0.4) is 0 Å². The third-order valence-electron chi connectivity index (χ3n) is 5.17. The maximum absolute atomic E-state index is 6.32. The minimum atomic E-state index is 0. The smallest absolute Gasteiger partial charge is 0.0949 e. The van der Waals surface area contributed by atoms with Crippen LogP contribution in [0.5, 0.6) is 0 Å². The minimum Gasteiger partial charge on any atom is -0.371 e. The summed E-state index contributed by atoms with van der Waals surface area (Å²) in [5.74, 6) is 0. The van der Waals surface area contributed by atoms with Gasteiger partial charge in [-0.15, -0.1) is 12.4 Å². The van der Waals surface area contributed by atoms with Crippen LogP contribution in [0, 0.1) is 0 Å². The molecule has 1 aliphatic heterocycles. The SMILES string of the molecule is Cl.NC1CCN(c2ccc(C=Cc3cc(Cl)cc(Cn4ccnc4)c3)cc2)CC1. The molecular formula is C23H26Cl2N4. The molecule has 4 nitrogen and oxygen atoms in total. The Labute approximate surface area is 183 Å². The van der Waals surface area contributed by atoms with E-state index in [0.29, 0.717) is 6.04 Å². The highest BCUT2D eigenvalue weighted by Gasteiger charge is 2.15. The van der Waals surface area contributed by atoms with Crippen molar-refractivity contribution in [1.82, 2.24) is 9.55 Å². The van der Waals surface area contributed by atoms with Gasteiger partial charge >= 0.3 is 0 Å². The van der Waals surface area contributed by atoms with Crippen molar-refractivity contribution in [2.75, 3.05) is 18.0 Å². The topological polar surface area (TPSA) is 47.1 Å². The Morgan fingerprint density at radius 2 is 1.76 bits per heavy atom. The number of aromatic nitrogens is 2. The van der Waals surface area contributed by atoms with Gasteiger partial charge in [0, 0.05) is 48.8 Å². The van der Waals surface area contributed by atoms with Crippen LogP contribution in [-0.4, -0.2) is 28.7 Å². The van der Waals surface area contributed by atoms with Gasteiger partial charge in [-0.2, -0.15) is 0 Å². The van der Waals surface area contributed by atoms with Crippen molar-refractivity contribution in [3.05, 3.63) is 82.9 Å². The molecule has 1 fully saturated rings. The lowest BCUT2D eigenvalue weighted by Crippen LogP contribution is -2.39. The molecule has 0 atom stereocenters. The van der Waals surface area contributed by atoms with Crippen molar-refractivity contribution in [2.45, 2.75) is 25.4 Å². The number of anilines is 1.